The highest BCUT2D eigenvalue weighted by Gasteiger charge is 2.30. The van der Waals surface area contributed by atoms with Crippen LogP contribution in [0.15, 0.2) is 24.3 Å². The molecule has 0 radical (unpaired) electrons. The fourth-order valence-corrected chi connectivity index (χ4v) is 3.57. The summed E-state index contributed by atoms with van der Waals surface area (Å²) in [6.45, 7) is 6.79. The molecule has 0 aliphatic carbocycles. The van der Waals surface area contributed by atoms with E-state index in [4.69, 9.17) is 5.73 Å². The summed E-state index contributed by atoms with van der Waals surface area (Å²) in [5.41, 5.74) is 9.10. The molecule has 3 heteroatoms. The Labute approximate surface area is 129 Å². The molecule has 3 N–H and O–H groups in total. The number of aryl methyl sites for hydroxylation is 1. The molecule has 3 unspecified atom stereocenters. The minimum absolute atomic E-state index is 0.166. The Morgan fingerprint density at radius 1 is 1.43 bits per heavy atom. The molecule has 1 fully saturated rings. The van der Waals surface area contributed by atoms with Crippen LogP contribution >= 0.6 is 0 Å². The number of aliphatic hydroxyl groups is 1. The average molecular weight is 290 g/mol. The van der Waals surface area contributed by atoms with Gasteiger partial charge in [0, 0.05) is 25.2 Å². The van der Waals surface area contributed by atoms with Crippen molar-refractivity contribution in [1.82, 2.24) is 4.90 Å². The second-order valence-corrected chi connectivity index (χ2v) is 6.45. The number of nitrogens with two attached hydrogens (primary N) is 1. The van der Waals surface area contributed by atoms with E-state index < -0.39 is 0 Å². The number of likely N-dealkylation sites (tertiary alicyclic amines) is 1. The number of rotatable bonds is 6. The molecule has 0 saturated carbocycles. The van der Waals surface area contributed by atoms with Crippen molar-refractivity contribution in [3.63, 3.8) is 0 Å². The van der Waals surface area contributed by atoms with Crippen molar-refractivity contribution in [3.05, 3.63) is 35.4 Å². The lowest BCUT2D eigenvalue weighted by Crippen LogP contribution is -2.45. The molecule has 2 rings (SSSR count). The molecular formula is C18H30N2O. The van der Waals surface area contributed by atoms with Crippen LogP contribution in [0.4, 0.5) is 0 Å². The third-order valence-corrected chi connectivity index (χ3v) is 4.74. The maximum atomic E-state index is 9.21. The average Bonchev–Trinajstić information content (AvgIpc) is 2.48. The third-order valence-electron chi connectivity index (χ3n) is 4.74. The highest BCUT2D eigenvalue weighted by Crippen LogP contribution is 2.31. The Hall–Kier alpha value is -0.900. The topological polar surface area (TPSA) is 49.5 Å². The molecule has 0 amide bonds. The molecule has 1 aromatic rings. The van der Waals surface area contributed by atoms with Crippen molar-refractivity contribution in [3.8, 4) is 0 Å². The molecule has 3 nitrogen and oxygen atoms in total. The van der Waals surface area contributed by atoms with Gasteiger partial charge in [0.25, 0.3) is 0 Å². The van der Waals surface area contributed by atoms with Gasteiger partial charge in [-0.05, 0) is 50.6 Å². The normalized spacial score (nSPS) is 23.0. The number of aliphatic hydroxyl groups excluding tert-OH is 1. The van der Waals surface area contributed by atoms with Gasteiger partial charge in [-0.1, -0.05) is 36.8 Å². The largest absolute Gasteiger partial charge is 0.396 e. The first-order valence-electron chi connectivity index (χ1n) is 8.32. The third kappa shape index (κ3) is 4.29. The summed E-state index contributed by atoms with van der Waals surface area (Å²) < 4.78 is 0. The first kappa shape index (κ1) is 16.5. The van der Waals surface area contributed by atoms with Gasteiger partial charge >= 0.3 is 0 Å². The van der Waals surface area contributed by atoms with Gasteiger partial charge in [0.15, 0.2) is 0 Å². The van der Waals surface area contributed by atoms with Gasteiger partial charge in [-0.25, -0.2) is 0 Å². The highest BCUT2D eigenvalue weighted by molar-refractivity contribution is 5.26. The molecule has 0 aromatic heterocycles. The SMILES string of the molecule is CCC(N)C(c1cccc(C)c1)N1CCCC(CCO)C1. The Balaban J connectivity index is 2.19. The smallest absolute Gasteiger partial charge is 0.0499 e. The summed E-state index contributed by atoms with van der Waals surface area (Å²) in [6, 6.07) is 9.23. The predicted octanol–water partition coefficient (Wildman–Crippen LogP) is 2.87. The summed E-state index contributed by atoms with van der Waals surface area (Å²) in [4.78, 5) is 2.55. The molecule has 0 bridgehead atoms. The van der Waals surface area contributed by atoms with Gasteiger partial charge in [0.2, 0.25) is 0 Å². The van der Waals surface area contributed by atoms with Crippen LogP contribution < -0.4 is 5.73 Å². The summed E-state index contributed by atoms with van der Waals surface area (Å²) in [5.74, 6) is 0.611. The number of piperidine rings is 1. The van der Waals surface area contributed by atoms with Crippen LogP contribution in [0.3, 0.4) is 0 Å². The second-order valence-electron chi connectivity index (χ2n) is 6.45. The molecule has 1 aliphatic heterocycles. The van der Waals surface area contributed by atoms with Crippen LogP contribution in [0.1, 0.15) is 49.8 Å². The van der Waals surface area contributed by atoms with Crippen molar-refractivity contribution in [2.45, 2.75) is 51.6 Å². The minimum Gasteiger partial charge on any atom is -0.396 e. The van der Waals surface area contributed by atoms with Crippen LogP contribution in [0.5, 0.6) is 0 Å². The van der Waals surface area contributed by atoms with Gasteiger partial charge in [-0.3, -0.25) is 4.90 Å². The van der Waals surface area contributed by atoms with E-state index in [0.29, 0.717) is 18.6 Å². The number of benzene rings is 1. The van der Waals surface area contributed by atoms with Crippen LogP contribution in [-0.4, -0.2) is 35.7 Å². The molecular weight excluding hydrogens is 260 g/mol. The molecule has 21 heavy (non-hydrogen) atoms. The van der Waals surface area contributed by atoms with Crippen LogP contribution in [0.25, 0.3) is 0 Å². The van der Waals surface area contributed by atoms with Gasteiger partial charge < -0.3 is 10.8 Å². The maximum Gasteiger partial charge on any atom is 0.0499 e. The van der Waals surface area contributed by atoms with Crippen molar-refractivity contribution in [2.24, 2.45) is 11.7 Å². The molecule has 3 atom stereocenters. The second kappa shape index (κ2) is 7.92. The molecule has 1 aromatic carbocycles. The Bertz CT molecular complexity index is 433. The molecule has 1 aliphatic rings. The van der Waals surface area contributed by atoms with Gasteiger partial charge in [-0.15, -0.1) is 0 Å². The van der Waals surface area contributed by atoms with E-state index in [-0.39, 0.29) is 6.04 Å². The zero-order chi connectivity index (χ0) is 15.2. The van der Waals surface area contributed by atoms with E-state index in [1.807, 2.05) is 0 Å². The fourth-order valence-electron chi connectivity index (χ4n) is 3.57. The van der Waals surface area contributed by atoms with Gasteiger partial charge in [0.1, 0.15) is 0 Å². The van der Waals surface area contributed by atoms with Crippen LogP contribution in [0, 0.1) is 12.8 Å². The number of hydrogen-bond donors (Lipinski definition) is 2. The lowest BCUT2D eigenvalue weighted by molar-refractivity contribution is 0.0930. The maximum absolute atomic E-state index is 9.21. The Morgan fingerprint density at radius 3 is 2.90 bits per heavy atom. The van der Waals surface area contributed by atoms with Gasteiger partial charge in [-0.2, -0.15) is 0 Å². The monoisotopic (exact) mass is 290 g/mol. The lowest BCUT2D eigenvalue weighted by atomic mass is 9.89. The number of hydrogen-bond acceptors (Lipinski definition) is 3. The highest BCUT2D eigenvalue weighted by atomic mass is 16.3. The van der Waals surface area contributed by atoms with Gasteiger partial charge in [0.05, 0.1) is 0 Å². The summed E-state index contributed by atoms with van der Waals surface area (Å²) >= 11 is 0. The fraction of sp³-hybridized carbons (Fsp3) is 0.667. The van der Waals surface area contributed by atoms with Crippen molar-refractivity contribution in [1.29, 1.82) is 0 Å². The molecule has 1 saturated heterocycles. The summed E-state index contributed by atoms with van der Waals surface area (Å²) in [7, 11) is 0. The van der Waals surface area contributed by atoms with E-state index in [9.17, 15) is 5.11 Å². The van der Waals surface area contributed by atoms with Crippen LogP contribution in [-0.2, 0) is 0 Å². The predicted molar refractivity (Wildman–Crippen MR) is 88.2 cm³/mol. The molecule has 0 spiro atoms. The zero-order valence-electron chi connectivity index (χ0n) is 13.5. The van der Waals surface area contributed by atoms with E-state index in [1.165, 1.54) is 24.0 Å². The summed E-state index contributed by atoms with van der Waals surface area (Å²) in [6.07, 6.45) is 4.35. The lowest BCUT2D eigenvalue weighted by Gasteiger charge is -2.41. The van der Waals surface area contributed by atoms with E-state index >= 15 is 0 Å². The van der Waals surface area contributed by atoms with Crippen molar-refractivity contribution < 1.29 is 5.11 Å². The van der Waals surface area contributed by atoms with E-state index in [2.05, 4.69) is 43.0 Å². The quantitative estimate of drug-likeness (QED) is 0.847. The van der Waals surface area contributed by atoms with Crippen LogP contribution in [0.2, 0.25) is 0 Å². The zero-order valence-corrected chi connectivity index (χ0v) is 13.5. The first-order chi connectivity index (χ1) is 10.2. The minimum atomic E-state index is 0.166. The van der Waals surface area contributed by atoms with Crippen molar-refractivity contribution in [2.75, 3.05) is 19.7 Å². The Morgan fingerprint density at radius 2 is 2.24 bits per heavy atom. The van der Waals surface area contributed by atoms with Crippen molar-refractivity contribution >= 4 is 0 Å². The first-order valence-corrected chi connectivity index (χ1v) is 8.32. The van der Waals surface area contributed by atoms with E-state index in [1.54, 1.807) is 0 Å². The Kier molecular flexibility index (Phi) is 6.22. The molecule has 1 heterocycles. The van der Waals surface area contributed by atoms with E-state index in [0.717, 1.165) is 25.9 Å². The molecule has 118 valence electrons. The number of nitrogens with zero attached hydrogens (tertiary/aromatic N) is 1. The standard InChI is InChI=1S/C18H30N2O/c1-3-17(19)18(16-8-4-6-14(2)12-16)20-10-5-7-15(13-20)9-11-21/h4,6,8,12,15,17-18,21H,3,5,7,9-11,13,19H2,1-2H3. The summed E-state index contributed by atoms with van der Waals surface area (Å²) in [5, 5.41) is 9.21.